The van der Waals surface area contributed by atoms with E-state index in [1.54, 1.807) is 47.1 Å². The van der Waals surface area contributed by atoms with E-state index in [2.05, 4.69) is 0 Å². The van der Waals surface area contributed by atoms with Crippen LogP contribution in [-0.2, 0) is 19.1 Å². The van der Waals surface area contributed by atoms with Crippen LogP contribution in [-0.4, -0.2) is 77.3 Å². The Kier molecular flexibility index (Phi) is 7.15. The van der Waals surface area contributed by atoms with E-state index in [1.165, 1.54) is 4.90 Å². The van der Waals surface area contributed by atoms with Crippen molar-refractivity contribution in [2.75, 3.05) is 36.1 Å². The quantitative estimate of drug-likeness (QED) is 0.516. The maximum absolute atomic E-state index is 14.5. The van der Waals surface area contributed by atoms with E-state index < -0.39 is 35.1 Å². The van der Waals surface area contributed by atoms with Crippen molar-refractivity contribution in [1.82, 2.24) is 4.90 Å². The Morgan fingerprint density at radius 3 is 2.14 bits per heavy atom. The standard InChI is InChI=1S/C32H34ClN3O6/c1-4-41-24-13-11-23(12-14-24)34-17-5-15-31(3)25(28(34)38)26-29(39)36(20(2)19-37)27-30(40)35(18-6-16-32(26,27)42-31)22-9-7-21(33)8-10-22/h5-16,20,25-27,37H,4,17-19H2,1-3H3/t20-,25+,26+,27?,31-,32+/m1/s1. The average Bonchev–Trinajstić information content (AvgIpc) is 3.25. The molecule has 0 radical (unpaired) electrons. The van der Waals surface area contributed by atoms with Crippen molar-refractivity contribution in [1.29, 1.82) is 0 Å². The summed E-state index contributed by atoms with van der Waals surface area (Å²) in [4.78, 5) is 48.0. The zero-order valence-electron chi connectivity index (χ0n) is 23.8. The van der Waals surface area contributed by atoms with Crippen LogP contribution in [0.15, 0.2) is 72.8 Å². The van der Waals surface area contributed by atoms with Crippen molar-refractivity contribution in [3.05, 3.63) is 77.9 Å². The van der Waals surface area contributed by atoms with Gasteiger partial charge in [0.2, 0.25) is 11.8 Å². The summed E-state index contributed by atoms with van der Waals surface area (Å²) < 4.78 is 12.4. The first-order valence-electron chi connectivity index (χ1n) is 14.2. The third-order valence-corrected chi connectivity index (χ3v) is 9.08. The molecule has 0 saturated carbocycles. The summed E-state index contributed by atoms with van der Waals surface area (Å²) in [7, 11) is 0. The van der Waals surface area contributed by atoms with E-state index in [0.717, 1.165) is 0 Å². The second-order valence-electron chi connectivity index (χ2n) is 11.4. The van der Waals surface area contributed by atoms with E-state index >= 15 is 0 Å². The number of fused-ring (bicyclic) bond motifs is 2. The largest absolute Gasteiger partial charge is 0.494 e. The SMILES string of the molecule is CCOc1ccc(N2CC=C[C@@]3(C)O[C@]45C=CCN(c6ccc(Cl)cc6)C(=O)C4N([C@H](C)CO)C(=O)[C@@H]5[C@H]3C2=O)cc1. The van der Waals surface area contributed by atoms with Crippen molar-refractivity contribution in [3.8, 4) is 5.75 Å². The highest BCUT2D eigenvalue weighted by atomic mass is 35.5. The number of anilines is 2. The lowest BCUT2D eigenvalue weighted by Crippen LogP contribution is -2.58. The van der Waals surface area contributed by atoms with E-state index in [1.807, 2.05) is 56.3 Å². The van der Waals surface area contributed by atoms with Gasteiger partial charge in [0.05, 0.1) is 36.7 Å². The fourth-order valence-electron chi connectivity index (χ4n) is 7.00. The number of hydrogen-bond acceptors (Lipinski definition) is 6. The highest BCUT2D eigenvalue weighted by molar-refractivity contribution is 6.30. The Morgan fingerprint density at radius 1 is 0.929 bits per heavy atom. The number of hydrogen-bond donors (Lipinski definition) is 1. The Bertz CT molecular complexity index is 1460. The summed E-state index contributed by atoms with van der Waals surface area (Å²) in [5, 5.41) is 10.7. The molecule has 1 spiro atoms. The van der Waals surface area contributed by atoms with Crippen LogP contribution < -0.4 is 14.5 Å². The fraction of sp³-hybridized carbons (Fsp3) is 0.406. The molecule has 3 amide bonds. The summed E-state index contributed by atoms with van der Waals surface area (Å²) in [5.41, 5.74) is -1.28. The van der Waals surface area contributed by atoms with Crippen LogP contribution in [0, 0.1) is 11.8 Å². The number of aliphatic hydroxyl groups is 1. The predicted molar refractivity (Wildman–Crippen MR) is 158 cm³/mol. The Balaban J connectivity index is 1.44. The maximum Gasteiger partial charge on any atom is 0.253 e. The molecule has 1 unspecified atom stereocenters. The van der Waals surface area contributed by atoms with Crippen LogP contribution in [0.2, 0.25) is 5.02 Å². The van der Waals surface area contributed by atoms with Crippen LogP contribution in [0.1, 0.15) is 20.8 Å². The summed E-state index contributed by atoms with van der Waals surface area (Å²) >= 11 is 6.11. The van der Waals surface area contributed by atoms with Gasteiger partial charge in [0, 0.05) is 29.5 Å². The van der Waals surface area contributed by atoms with Crippen molar-refractivity contribution < 1.29 is 29.0 Å². The number of carbonyl (C=O) groups is 3. The number of carbonyl (C=O) groups excluding carboxylic acids is 3. The number of likely N-dealkylation sites (tertiary alicyclic amines) is 1. The van der Waals surface area contributed by atoms with Crippen molar-refractivity contribution in [2.24, 2.45) is 11.8 Å². The molecule has 2 aromatic carbocycles. The molecule has 10 heteroatoms. The second-order valence-corrected chi connectivity index (χ2v) is 11.8. The van der Waals surface area contributed by atoms with Crippen LogP contribution in [0.4, 0.5) is 11.4 Å². The molecule has 2 fully saturated rings. The molecule has 2 saturated heterocycles. The number of aliphatic hydroxyl groups excluding tert-OH is 1. The van der Waals surface area contributed by atoms with E-state index in [-0.39, 0.29) is 30.9 Å². The van der Waals surface area contributed by atoms with Gasteiger partial charge in [0.1, 0.15) is 17.4 Å². The molecule has 0 aliphatic carbocycles. The molecule has 9 nitrogen and oxygen atoms in total. The summed E-state index contributed by atoms with van der Waals surface area (Å²) in [6.45, 7) is 6.13. The minimum Gasteiger partial charge on any atom is -0.494 e. The van der Waals surface area contributed by atoms with Gasteiger partial charge in [-0.1, -0.05) is 35.9 Å². The van der Waals surface area contributed by atoms with Gasteiger partial charge in [-0.25, -0.2) is 0 Å². The topological polar surface area (TPSA) is 99.6 Å². The average molecular weight is 592 g/mol. The third kappa shape index (κ3) is 4.25. The van der Waals surface area contributed by atoms with Gasteiger partial charge in [-0.2, -0.15) is 0 Å². The van der Waals surface area contributed by atoms with Crippen molar-refractivity contribution in [3.63, 3.8) is 0 Å². The Hall–Kier alpha value is -3.66. The predicted octanol–water partition coefficient (Wildman–Crippen LogP) is 3.60. The molecule has 0 aromatic heterocycles. The number of benzene rings is 2. The number of amides is 3. The Morgan fingerprint density at radius 2 is 1.52 bits per heavy atom. The summed E-state index contributed by atoms with van der Waals surface area (Å²) in [5.74, 6) is -2.19. The lowest BCUT2D eigenvalue weighted by atomic mass is 9.74. The zero-order valence-corrected chi connectivity index (χ0v) is 24.5. The molecule has 2 aromatic rings. The second kappa shape index (κ2) is 10.6. The summed E-state index contributed by atoms with van der Waals surface area (Å²) in [6.07, 6.45) is 7.34. The number of ether oxygens (including phenoxy) is 2. The lowest BCUT2D eigenvalue weighted by molar-refractivity contribution is -0.147. The van der Waals surface area contributed by atoms with Gasteiger partial charge >= 0.3 is 0 Å². The van der Waals surface area contributed by atoms with Crippen molar-refractivity contribution >= 4 is 40.7 Å². The first kappa shape index (κ1) is 28.5. The van der Waals surface area contributed by atoms with Gasteiger partial charge in [-0.15, -0.1) is 0 Å². The van der Waals surface area contributed by atoms with Crippen LogP contribution in [0.25, 0.3) is 0 Å². The minimum atomic E-state index is -1.42. The highest BCUT2D eigenvalue weighted by Gasteiger charge is 2.75. The fourth-order valence-corrected chi connectivity index (χ4v) is 7.12. The molecular weight excluding hydrogens is 558 g/mol. The molecular formula is C32H34ClN3O6. The Labute approximate surface area is 249 Å². The smallest absolute Gasteiger partial charge is 0.253 e. The summed E-state index contributed by atoms with van der Waals surface area (Å²) in [6, 6.07) is 12.4. The van der Waals surface area contributed by atoms with Gasteiger partial charge < -0.3 is 29.3 Å². The monoisotopic (exact) mass is 591 g/mol. The highest BCUT2D eigenvalue weighted by Crippen LogP contribution is 2.58. The van der Waals surface area contributed by atoms with Gasteiger partial charge in [-0.3, -0.25) is 14.4 Å². The van der Waals surface area contributed by atoms with Crippen LogP contribution >= 0.6 is 11.6 Å². The molecule has 4 heterocycles. The number of rotatable bonds is 6. The molecule has 42 heavy (non-hydrogen) atoms. The minimum absolute atomic E-state index is 0.244. The maximum atomic E-state index is 14.5. The van der Waals surface area contributed by atoms with Crippen molar-refractivity contribution in [2.45, 2.75) is 44.1 Å². The lowest BCUT2D eigenvalue weighted by Gasteiger charge is -2.39. The van der Waals surface area contributed by atoms with Crippen LogP contribution in [0.5, 0.6) is 5.75 Å². The molecule has 4 aliphatic rings. The van der Waals surface area contributed by atoms with Gasteiger partial charge in [-0.05, 0) is 69.3 Å². The van der Waals surface area contributed by atoms with Gasteiger partial charge in [0.15, 0.2) is 0 Å². The molecule has 6 atom stereocenters. The van der Waals surface area contributed by atoms with Gasteiger partial charge in [0.25, 0.3) is 5.91 Å². The zero-order chi connectivity index (χ0) is 29.8. The first-order chi connectivity index (χ1) is 20.1. The normalized spacial score (nSPS) is 31.0. The third-order valence-electron chi connectivity index (χ3n) is 8.83. The molecule has 6 rings (SSSR count). The molecule has 4 aliphatic heterocycles. The van der Waals surface area contributed by atoms with E-state index in [9.17, 15) is 19.5 Å². The number of halogens is 1. The molecule has 220 valence electrons. The molecule has 1 N–H and O–H groups in total. The molecule has 0 bridgehead atoms. The van der Waals surface area contributed by atoms with E-state index in [4.69, 9.17) is 21.1 Å². The number of nitrogens with zero attached hydrogens (tertiary/aromatic N) is 3. The van der Waals surface area contributed by atoms with E-state index in [0.29, 0.717) is 35.3 Å². The first-order valence-corrected chi connectivity index (χ1v) is 14.6. The van der Waals surface area contributed by atoms with Crippen LogP contribution in [0.3, 0.4) is 0 Å².